The van der Waals surface area contributed by atoms with Crippen molar-refractivity contribution >= 4 is 11.6 Å². The van der Waals surface area contributed by atoms with Crippen LogP contribution in [0.15, 0.2) is 18.2 Å². The molecule has 19 heavy (non-hydrogen) atoms. The molecular formula is C12H14ClF4NO. The van der Waals surface area contributed by atoms with Gasteiger partial charge in [-0.25, -0.2) is 4.39 Å². The fourth-order valence-electron chi connectivity index (χ4n) is 1.66. The second-order valence-corrected chi connectivity index (χ2v) is 4.56. The predicted octanol–water partition coefficient (Wildman–Crippen LogP) is 3.23. The number of hydrogen-bond donors (Lipinski definition) is 1. The van der Waals surface area contributed by atoms with Crippen LogP contribution in [0.3, 0.4) is 0 Å². The van der Waals surface area contributed by atoms with E-state index in [1.54, 1.807) is 0 Å². The smallest absolute Gasteiger partial charge is 0.396 e. The Kier molecular flexibility index (Phi) is 6.03. The summed E-state index contributed by atoms with van der Waals surface area (Å²) in [6.45, 7) is -1.16. The van der Waals surface area contributed by atoms with E-state index < -0.39 is 18.5 Å². The number of rotatable bonds is 6. The van der Waals surface area contributed by atoms with Gasteiger partial charge in [-0.1, -0.05) is 17.7 Å². The number of nitrogens with zero attached hydrogens (tertiary/aromatic N) is 1. The summed E-state index contributed by atoms with van der Waals surface area (Å²) in [7, 11) is 0. The highest BCUT2D eigenvalue weighted by Crippen LogP contribution is 2.21. The van der Waals surface area contributed by atoms with Crippen LogP contribution >= 0.6 is 11.6 Å². The molecule has 7 heteroatoms. The second kappa shape index (κ2) is 7.07. The molecule has 0 radical (unpaired) electrons. The van der Waals surface area contributed by atoms with Crippen LogP contribution in [0, 0.1) is 5.82 Å². The van der Waals surface area contributed by atoms with Gasteiger partial charge in [-0.05, 0) is 24.1 Å². The monoisotopic (exact) mass is 299 g/mol. The van der Waals surface area contributed by atoms with Gasteiger partial charge in [0, 0.05) is 19.7 Å². The summed E-state index contributed by atoms with van der Waals surface area (Å²) in [6.07, 6.45) is -4.08. The van der Waals surface area contributed by atoms with E-state index in [1.807, 2.05) is 0 Å². The molecule has 0 aliphatic heterocycles. The third-order valence-corrected chi connectivity index (χ3v) is 2.72. The first-order valence-corrected chi connectivity index (χ1v) is 6.03. The van der Waals surface area contributed by atoms with Gasteiger partial charge < -0.3 is 5.11 Å². The maximum atomic E-state index is 13.0. The summed E-state index contributed by atoms with van der Waals surface area (Å²) in [6, 6.07) is 3.82. The molecule has 0 fully saturated rings. The second-order valence-electron chi connectivity index (χ2n) is 4.15. The number of alkyl halides is 3. The first kappa shape index (κ1) is 16.2. The van der Waals surface area contributed by atoms with Gasteiger partial charge in [0.25, 0.3) is 0 Å². The van der Waals surface area contributed by atoms with Gasteiger partial charge in [-0.2, -0.15) is 13.2 Å². The van der Waals surface area contributed by atoms with Crippen LogP contribution in [0.1, 0.15) is 12.0 Å². The number of halogens is 5. The largest absolute Gasteiger partial charge is 0.401 e. The van der Waals surface area contributed by atoms with Crippen molar-refractivity contribution < 1.29 is 22.7 Å². The molecule has 1 N–H and O–H groups in total. The predicted molar refractivity (Wildman–Crippen MR) is 64.4 cm³/mol. The Bertz CT molecular complexity index is 411. The first-order valence-electron chi connectivity index (χ1n) is 5.65. The normalized spacial score (nSPS) is 12.2. The molecule has 0 atom stereocenters. The Balaban J connectivity index is 2.72. The molecule has 1 aromatic carbocycles. The lowest BCUT2D eigenvalue weighted by atomic mass is 10.2. The van der Waals surface area contributed by atoms with E-state index in [1.165, 1.54) is 12.1 Å². The molecule has 0 heterocycles. The summed E-state index contributed by atoms with van der Waals surface area (Å²) < 4.78 is 50.1. The molecular weight excluding hydrogens is 286 g/mol. The maximum absolute atomic E-state index is 13.0. The number of aliphatic hydroxyl groups is 1. The summed E-state index contributed by atoms with van der Waals surface area (Å²) in [5, 5.41) is 8.56. The summed E-state index contributed by atoms with van der Waals surface area (Å²) in [5.41, 5.74) is 0.494. The number of hydrogen-bond acceptors (Lipinski definition) is 2. The molecule has 1 rings (SSSR count). The first-order chi connectivity index (χ1) is 8.81. The number of aliphatic hydroxyl groups excluding tert-OH is 1. The SMILES string of the molecule is OCCCN(Cc1ccc(F)c(Cl)c1)CC(F)(F)F. The van der Waals surface area contributed by atoms with Crippen LogP contribution in [0.25, 0.3) is 0 Å². The lowest BCUT2D eigenvalue weighted by Gasteiger charge is -2.23. The highest BCUT2D eigenvalue weighted by atomic mass is 35.5. The minimum atomic E-state index is -4.32. The molecule has 0 saturated heterocycles. The van der Waals surface area contributed by atoms with Gasteiger partial charge >= 0.3 is 6.18 Å². The van der Waals surface area contributed by atoms with Crippen molar-refractivity contribution in [3.05, 3.63) is 34.6 Å². The van der Waals surface area contributed by atoms with Gasteiger partial charge in [0.15, 0.2) is 0 Å². The van der Waals surface area contributed by atoms with E-state index in [-0.39, 0.29) is 31.1 Å². The summed E-state index contributed by atoms with van der Waals surface area (Å²) >= 11 is 5.58. The average Bonchev–Trinajstić information content (AvgIpc) is 2.29. The maximum Gasteiger partial charge on any atom is 0.401 e. The fraction of sp³-hybridized carbons (Fsp3) is 0.500. The van der Waals surface area contributed by atoms with Gasteiger partial charge in [-0.3, -0.25) is 4.90 Å². The van der Waals surface area contributed by atoms with Crippen LogP contribution in [-0.4, -0.2) is 35.9 Å². The lowest BCUT2D eigenvalue weighted by molar-refractivity contribution is -0.147. The van der Waals surface area contributed by atoms with E-state index in [0.717, 1.165) is 11.0 Å². The van der Waals surface area contributed by atoms with Crippen molar-refractivity contribution in [1.29, 1.82) is 0 Å². The lowest BCUT2D eigenvalue weighted by Crippen LogP contribution is -2.34. The van der Waals surface area contributed by atoms with Crippen molar-refractivity contribution in [1.82, 2.24) is 4.90 Å². The van der Waals surface area contributed by atoms with Crippen LogP contribution in [-0.2, 0) is 6.54 Å². The third-order valence-electron chi connectivity index (χ3n) is 2.43. The Morgan fingerprint density at radius 2 is 1.95 bits per heavy atom. The topological polar surface area (TPSA) is 23.5 Å². The highest BCUT2D eigenvalue weighted by molar-refractivity contribution is 6.30. The molecule has 1 aromatic rings. The third kappa shape index (κ3) is 6.22. The van der Waals surface area contributed by atoms with Crippen LogP contribution in [0.5, 0.6) is 0 Å². The van der Waals surface area contributed by atoms with Gasteiger partial charge in [-0.15, -0.1) is 0 Å². The Labute approximate surface area is 113 Å². The van der Waals surface area contributed by atoms with Crippen molar-refractivity contribution in [3.8, 4) is 0 Å². The van der Waals surface area contributed by atoms with Crippen LogP contribution in [0.2, 0.25) is 5.02 Å². The molecule has 0 bridgehead atoms. The van der Waals surface area contributed by atoms with Crippen LogP contribution in [0.4, 0.5) is 17.6 Å². The average molecular weight is 300 g/mol. The Hall–Kier alpha value is -0.850. The Morgan fingerprint density at radius 3 is 2.47 bits per heavy atom. The van der Waals surface area contributed by atoms with Crippen LogP contribution < -0.4 is 0 Å². The fourth-order valence-corrected chi connectivity index (χ4v) is 1.86. The number of benzene rings is 1. The molecule has 108 valence electrons. The zero-order chi connectivity index (χ0) is 14.5. The zero-order valence-electron chi connectivity index (χ0n) is 10.1. The van der Waals surface area contributed by atoms with Crippen molar-refractivity contribution in [2.45, 2.75) is 19.1 Å². The van der Waals surface area contributed by atoms with Crippen molar-refractivity contribution in [3.63, 3.8) is 0 Å². The van der Waals surface area contributed by atoms with E-state index in [4.69, 9.17) is 16.7 Å². The quantitative estimate of drug-likeness (QED) is 0.815. The molecule has 0 saturated carbocycles. The zero-order valence-corrected chi connectivity index (χ0v) is 10.8. The van der Waals surface area contributed by atoms with E-state index in [9.17, 15) is 17.6 Å². The van der Waals surface area contributed by atoms with E-state index in [0.29, 0.717) is 5.56 Å². The molecule has 0 aliphatic carbocycles. The molecule has 0 amide bonds. The van der Waals surface area contributed by atoms with Gasteiger partial charge in [0.2, 0.25) is 0 Å². The minimum absolute atomic E-state index is 0.000486. The van der Waals surface area contributed by atoms with E-state index >= 15 is 0 Å². The molecule has 0 aliphatic rings. The van der Waals surface area contributed by atoms with Crippen molar-refractivity contribution in [2.24, 2.45) is 0 Å². The summed E-state index contributed by atoms with van der Waals surface area (Å²) in [4.78, 5) is 1.14. The van der Waals surface area contributed by atoms with E-state index in [2.05, 4.69) is 0 Å². The summed E-state index contributed by atoms with van der Waals surface area (Å²) in [5.74, 6) is -0.608. The van der Waals surface area contributed by atoms with Crippen molar-refractivity contribution in [2.75, 3.05) is 19.7 Å². The standard InChI is InChI=1S/C12H14ClF4NO/c13-10-6-9(2-3-11(10)14)7-18(4-1-5-19)8-12(15,16)17/h2-3,6,19H,1,4-5,7-8H2. The molecule has 0 aromatic heterocycles. The van der Waals surface area contributed by atoms with Gasteiger partial charge in [0.05, 0.1) is 11.6 Å². The molecule has 0 unspecified atom stereocenters. The molecule has 2 nitrogen and oxygen atoms in total. The highest BCUT2D eigenvalue weighted by Gasteiger charge is 2.30. The van der Waals surface area contributed by atoms with Gasteiger partial charge in [0.1, 0.15) is 5.82 Å². The Morgan fingerprint density at radius 1 is 1.26 bits per heavy atom. The minimum Gasteiger partial charge on any atom is -0.396 e. The molecule has 0 spiro atoms.